The third kappa shape index (κ3) is 8.23. The Morgan fingerprint density at radius 3 is 2.65 bits per heavy atom. The molecule has 0 radical (unpaired) electrons. The zero-order valence-corrected chi connectivity index (χ0v) is 11.6. The standard InChI is InChI=1S/C8H8O2.C6H14N2O2/c1-10-8-4-2-3-7(5-8)6-9;7-4-2-1-3-5(8)6(9)10/h2-6H,1H3;5H,1-4,7-8H2,(H,9,10)/t;5-/m.0/s1. The van der Waals surface area contributed by atoms with Crippen LogP contribution in [0.3, 0.4) is 0 Å². The van der Waals surface area contributed by atoms with Crippen molar-refractivity contribution < 1.29 is 19.4 Å². The minimum absolute atomic E-state index is 0.520. The van der Waals surface area contributed by atoms with Crippen LogP contribution in [0.15, 0.2) is 24.3 Å². The molecule has 0 aliphatic heterocycles. The van der Waals surface area contributed by atoms with Crippen LogP contribution in [-0.2, 0) is 4.79 Å². The van der Waals surface area contributed by atoms with Gasteiger partial charge in [0.25, 0.3) is 0 Å². The number of hydrogen-bond acceptors (Lipinski definition) is 5. The maximum absolute atomic E-state index is 10.2. The summed E-state index contributed by atoms with van der Waals surface area (Å²) in [7, 11) is 1.57. The second-order valence-electron chi connectivity index (χ2n) is 4.12. The van der Waals surface area contributed by atoms with Crippen LogP contribution in [0.5, 0.6) is 5.75 Å². The molecule has 20 heavy (non-hydrogen) atoms. The lowest BCUT2D eigenvalue weighted by molar-refractivity contribution is -0.138. The fraction of sp³-hybridized carbons (Fsp3) is 0.429. The highest BCUT2D eigenvalue weighted by Gasteiger charge is 2.09. The molecular formula is C14H22N2O4. The van der Waals surface area contributed by atoms with E-state index in [0.29, 0.717) is 24.3 Å². The van der Waals surface area contributed by atoms with Gasteiger partial charge in [-0.3, -0.25) is 9.59 Å². The highest BCUT2D eigenvalue weighted by Crippen LogP contribution is 2.10. The van der Waals surface area contributed by atoms with Gasteiger partial charge in [0, 0.05) is 5.56 Å². The highest BCUT2D eigenvalue weighted by molar-refractivity contribution is 5.75. The largest absolute Gasteiger partial charge is 0.497 e. The molecule has 6 heteroatoms. The van der Waals surface area contributed by atoms with Crippen LogP contribution in [-0.4, -0.2) is 37.1 Å². The minimum atomic E-state index is -0.933. The van der Waals surface area contributed by atoms with Gasteiger partial charge >= 0.3 is 5.97 Å². The molecule has 0 bridgehead atoms. The van der Waals surface area contributed by atoms with Crippen molar-refractivity contribution in [3.05, 3.63) is 29.8 Å². The van der Waals surface area contributed by atoms with Gasteiger partial charge in [-0.25, -0.2) is 0 Å². The molecule has 0 aliphatic rings. The van der Waals surface area contributed by atoms with Crippen molar-refractivity contribution in [2.24, 2.45) is 11.5 Å². The topological polar surface area (TPSA) is 116 Å². The summed E-state index contributed by atoms with van der Waals surface area (Å²) < 4.78 is 4.90. The van der Waals surface area contributed by atoms with Crippen molar-refractivity contribution in [1.29, 1.82) is 0 Å². The number of hydrogen-bond donors (Lipinski definition) is 3. The van der Waals surface area contributed by atoms with Gasteiger partial charge in [0.05, 0.1) is 7.11 Å². The molecule has 6 nitrogen and oxygen atoms in total. The first-order chi connectivity index (χ1) is 9.54. The summed E-state index contributed by atoms with van der Waals surface area (Å²) in [6.45, 7) is 0.604. The Balaban J connectivity index is 0.000000361. The molecule has 0 saturated carbocycles. The van der Waals surface area contributed by atoms with E-state index < -0.39 is 12.0 Å². The third-order valence-electron chi connectivity index (χ3n) is 2.52. The molecule has 0 aromatic heterocycles. The molecule has 0 spiro atoms. The highest BCUT2D eigenvalue weighted by atomic mass is 16.5. The summed E-state index contributed by atoms with van der Waals surface area (Å²) in [4.78, 5) is 20.4. The van der Waals surface area contributed by atoms with Gasteiger partial charge in [-0.1, -0.05) is 18.6 Å². The van der Waals surface area contributed by atoms with Gasteiger partial charge in [0.1, 0.15) is 18.1 Å². The van der Waals surface area contributed by atoms with Crippen molar-refractivity contribution in [2.75, 3.05) is 13.7 Å². The van der Waals surface area contributed by atoms with Gasteiger partial charge in [0.2, 0.25) is 0 Å². The lowest BCUT2D eigenvalue weighted by Crippen LogP contribution is -2.29. The van der Waals surface area contributed by atoms with Crippen LogP contribution in [0.4, 0.5) is 0 Å². The summed E-state index contributed by atoms with van der Waals surface area (Å²) in [5.41, 5.74) is 11.1. The lowest BCUT2D eigenvalue weighted by Gasteiger charge is -2.03. The normalized spacial score (nSPS) is 10.9. The molecule has 1 rings (SSSR count). The number of carboxylic acid groups (broad SMARTS) is 1. The third-order valence-corrected chi connectivity index (χ3v) is 2.52. The predicted molar refractivity (Wildman–Crippen MR) is 76.9 cm³/mol. The molecule has 1 aromatic rings. The van der Waals surface area contributed by atoms with E-state index in [-0.39, 0.29) is 0 Å². The van der Waals surface area contributed by atoms with E-state index in [0.717, 1.165) is 19.1 Å². The maximum Gasteiger partial charge on any atom is 0.320 e. The number of carbonyl (C=O) groups is 2. The van der Waals surface area contributed by atoms with E-state index in [1.807, 2.05) is 0 Å². The predicted octanol–water partition coefficient (Wildman–Crippen LogP) is 1.04. The summed E-state index contributed by atoms with van der Waals surface area (Å²) in [5, 5.41) is 8.33. The van der Waals surface area contributed by atoms with Gasteiger partial charge < -0.3 is 21.3 Å². The van der Waals surface area contributed by atoms with Crippen LogP contribution in [0, 0.1) is 0 Å². The molecular weight excluding hydrogens is 260 g/mol. The van der Waals surface area contributed by atoms with E-state index in [1.165, 1.54) is 0 Å². The molecule has 0 amide bonds. The van der Waals surface area contributed by atoms with Gasteiger partial charge in [-0.15, -0.1) is 0 Å². The van der Waals surface area contributed by atoms with E-state index >= 15 is 0 Å². The number of aliphatic carboxylic acids is 1. The Kier molecular flexibility index (Phi) is 9.90. The number of unbranched alkanes of at least 4 members (excludes halogenated alkanes) is 1. The fourth-order valence-electron chi connectivity index (χ4n) is 1.35. The summed E-state index contributed by atoms with van der Waals surface area (Å²) in [6, 6.07) is 6.28. The Labute approximate surface area is 118 Å². The molecule has 1 aromatic carbocycles. The van der Waals surface area contributed by atoms with Crippen molar-refractivity contribution in [3.63, 3.8) is 0 Å². The first-order valence-corrected chi connectivity index (χ1v) is 6.32. The van der Waals surface area contributed by atoms with Crippen molar-refractivity contribution in [1.82, 2.24) is 0 Å². The summed E-state index contributed by atoms with van der Waals surface area (Å²) >= 11 is 0. The van der Waals surface area contributed by atoms with Crippen LogP contribution in [0.25, 0.3) is 0 Å². The van der Waals surface area contributed by atoms with Gasteiger partial charge in [-0.05, 0) is 31.5 Å². The summed E-state index contributed by atoms with van der Waals surface area (Å²) in [5.74, 6) is -0.221. The Bertz CT molecular complexity index is 410. The van der Waals surface area contributed by atoms with Crippen molar-refractivity contribution >= 4 is 12.3 Å². The van der Waals surface area contributed by atoms with Crippen LogP contribution >= 0.6 is 0 Å². The second kappa shape index (κ2) is 11.0. The quantitative estimate of drug-likeness (QED) is 0.508. The van der Waals surface area contributed by atoms with Crippen molar-refractivity contribution in [3.8, 4) is 5.75 Å². The molecule has 0 saturated heterocycles. The van der Waals surface area contributed by atoms with E-state index in [4.69, 9.17) is 21.3 Å². The number of methoxy groups -OCH3 is 1. The van der Waals surface area contributed by atoms with Gasteiger partial charge in [-0.2, -0.15) is 0 Å². The number of carboxylic acids is 1. The first kappa shape index (κ1) is 18.1. The Morgan fingerprint density at radius 2 is 2.15 bits per heavy atom. The maximum atomic E-state index is 10.2. The lowest BCUT2D eigenvalue weighted by atomic mass is 10.1. The number of ether oxygens (including phenoxy) is 1. The average molecular weight is 282 g/mol. The van der Waals surface area contributed by atoms with Crippen molar-refractivity contribution in [2.45, 2.75) is 25.3 Å². The van der Waals surface area contributed by atoms with Crippen LogP contribution in [0.2, 0.25) is 0 Å². The van der Waals surface area contributed by atoms with Crippen LogP contribution in [0.1, 0.15) is 29.6 Å². The Morgan fingerprint density at radius 1 is 1.45 bits per heavy atom. The fourth-order valence-corrected chi connectivity index (χ4v) is 1.35. The first-order valence-electron chi connectivity index (χ1n) is 6.32. The summed E-state index contributed by atoms with van der Waals surface area (Å²) in [6.07, 6.45) is 2.96. The SMILES string of the molecule is COc1cccc(C=O)c1.NCCCC[C@H](N)C(=O)O. The molecule has 0 fully saturated rings. The molecule has 5 N–H and O–H groups in total. The zero-order valence-electron chi connectivity index (χ0n) is 11.6. The molecule has 0 unspecified atom stereocenters. The number of carbonyl (C=O) groups excluding carboxylic acids is 1. The van der Waals surface area contributed by atoms with E-state index in [1.54, 1.807) is 31.4 Å². The number of nitrogens with two attached hydrogens (primary N) is 2. The smallest absolute Gasteiger partial charge is 0.320 e. The van der Waals surface area contributed by atoms with Gasteiger partial charge in [0.15, 0.2) is 0 Å². The molecule has 0 heterocycles. The zero-order chi connectivity index (χ0) is 15.4. The monoisotopic (exact) mass is 282 g/mol. The number of rotatable bonds is 7. The Hall–Kier alpha value is -1.92. The molecule has 0 aliphatic carbocycles. The van der Waals surface area contributed by atoms with E-state index in [2.05, 4.69) is 0 Å². The average Bonchev–Trinajstić information content (AvgIpc) is 2.48. The molecule has 112 valence electrons. The number of benzene rings is 1. The van der Waals surface area contributed by atoms with Crippen LogP contribution < -0.4 is 16.2 Å². The minimum Gasteiger partial charge on any atom is -0.497 e. The number of aldehydes is 1. The second-order valence-corrected chi connectivity index (χ2v) is 4.12. The molecule has 1 atom stereocenters. The van der Waals surface area contributed by atoms with E-state index in [9.17, 15) is 9.59 Å².